The number of hydrogen-bond acceptors (Lipinski definition) is 4. The zero-order chi connectivity index (χ0) is 13.9. The summed E-state index contributed by atoms with van der Waals surface area (Å²) in [5, 5.41) is 0. The molecule has 20 heavy (non-hydrogen) atoms. The number of fused-ring (bicyclic) bond motifs is 1. The highest BCUT2D eigenvalue weighted by molar-refractivity contribution is 5.67. The number of pyridine rings is 1. The van der Waals surface area contributed by atoms with Crippen molar-refractivity contribution < 1.29 is 4.74 Å². The minimum atomic E-state index is 0.527. The molecule has 0 saturated heterocycles. The highest BCUT2D eigenvalue weighted by atomic mass is 16.5. The molecule has 4 heteroatoms. The Morgan fingerprint density at radius 1 is 1.25 bits per heavy atom. The minimum absolute atomic E-state index is 0.527. The Kier molecular flexibility index (Phi) is 3.56. The van der Waals surface area contributed by atoms with E-state index in [9.17, 15) is 0 Å². The number of nitrogens with two attached hydrogens (primary N) is 1. The average molecular weight is 269 g/mol. The van der Waals surface area contributed by atoms with Gasteiger partial charge in [-0.25, -0.2) is 4.98 Å². The number of aryl methyl sites for hydroxylation is 1. The summed E-state index contributed by atoms with van der Waals surface area (Å²) in [4.78, 5) is 6.92. The lowest BCUT2D eigenvalue weighted by atomic mass is 10.2. The topological polar surface area (TPSA) is 51.4 Å². The van der Waals surface area contributed by atoms with E-state index in [-0.39, 0.29) is 0 Å². The quantitative estimate of drug-likeness (QED) is 0.910. The zero-order valence-electron chi connectivity index (χ0n) is 11.7. The van der Waals surface area contributed by atoms with Crippen LogP contribution in [-0.4, -0.2) is 18.1 Å². The summed E-state index contributed by atoms with van der Waals surface area (Å²) in [5.41, 5.74) is 8.87. The predicted molar refractivity (Wildman–Crippen MR) is 80.4 cm³/mol. The van der Waals surface area contributed by atoms with Crippen LogP contribution in [0.2, 0.25) is 0 Å². The second-order valence-electron chi connectivity index (χ2n) is 4.94. The number of ether oxygens (including phenoxy) is 1. The molecule has 2 N–H and O–H groups in total. The Labute approximate surface area is 119 Å². The SMILES string of the molecule is Cc1nc(N2CCCOc3ccccc32)ccc1CN. The van der Waals surface area contributed by atoms with Crippen molar-refractivity contribution in [3.8, 4) is 5.75 Å². The molecular weight excluding hydrogens is 250 g/mol. The molecule has 4 nitrogen and oxygen atoms in total. The second kappa shape index (κ2) is 5.51. The van der Waals surface area contributed by atoms with Gasteiger partial charge in [-0.15, -0.1) is 0 Å². The summed E-state index contributed by atoms with van der Waals surface area (Å²) in [6.07, 6.45) is 0.980. The van der Waals surface area contributed by atoms with Gasteiger partial charge in [0.05, 0.1) is 12.3 Å². The molecule has 0 radical (unpaired) electrons. The van der Waals surface area contributed by atoms with Crippen molar-refractivity contribution in [1.29, 1.82) is 0 Å². The molecule has 3 rings (SSSR count). The molecule has 0 saturated carbocycles. The van der Waals surface area contributed by atoms with Crippen LogP contribution in [0.4, 0.5) is 11.5 Å². The van der Waals surface area contributed by atoms with Gasteiger partial charge in [-0.1, -0.05) is 18.2 Å². The summed E-state index contributed by atoms with van der Waals surface area (Å²) in [7, 11) is 0. The molecule has 1 aliphatic heterocycles. The smallest absolute Gasteiger partial charge is 0.142 e. The molecule has 1 aliphatic rings. The molecule has 0 fully saturated rings. The monoisotopic (exact) mass is 269 g/mol. The maximum absolute atomic E-state index is 5.79. The number of nitrogens with zero attached hydrogens (tertiary/aromatic N) is 2. The first kappa shape index (κ1) is 12.9. The largest absolute Gasteiger partial charge is 0.491 e. The van der Waals surface area contributed by atoms with Crippen LogP contribution in [0.5, 0.6) is 5.75 Å². The lowest BCUT2D eigenvalue weighted by Gasteiger charge is -2.23. The highest BCUT2D eigenvalue weighted by Crippen LogP contribution is 2.35. The molecule has 0 aliphatic carbocycles. The molecule has 2 heterocycles. The highest BCUT2D eigenvalue weighted by Gasteiger charge is 2.18. The van der Waals surface area contributed by atoms with E-state index in [1.54, 1.807) is 0 Å². The van der Waals surface area contributed by atoms with E-state index >= 15 is 0 Å². The number of benzene rings is 1. The molecule has 1 aromatic heterocycles. The van der Waals surface area contributed by atoms with Crippen LogP contribution in [0.15, 0.2) is 36.4 Å². The van der Waals surface area contributed by atoms with Crippen LogP contribution >= 0.6 is 0 Å². The van der Waals surface area contributed by atoms with E-state index in [0.717, 1.165) is 48.1 Å². The Morgan fingerprint density at radius 3 is 2.90 bits per heavy atom. The van der Waals surface area contributed by atoms with Crippen molar-refractivity contribution in [3.63, 3.8) is 0 Å². The number of rotatable bonds is 2. The fraction of sp³-hybridized carbons (Fsp3) is 0.312. The van der Waals surface area contributed by atoms with Gasteiger partial charge in [0.25, 0.3) is 0 Å². The van der Waals surface area contributed by atoms with E-state index in [2.05, 4.69) is 17.0 Å². The third-order valence-electron chi connectivity index (χ3n) is 3.62. The summed E-state index contributed by atoms with van der Waals surface area (Å²) in [6, 6.07) is 12.2. The molecule has 0 atom stereocenters. The molecular formula is C16H19N3O. The van der Waals surface area contributed by atoms with Crippen molar-refractivity contribution >= 4 is 11.5 Å². The molecule has 104 valence electrons. The van der Waals surface area contributed by atoms with Crippen LogP contribution < -0.4 is 15.4 Å². The third-order valence-corrected chi connectivity index (χ3v) is 3.62. The first-order chi connectivity index (χ1) is 9.79. The summed E-state index contributed by atoms with van der Waals surface area (Å²) < 4.78 is 5.79. The maximum Gasteiger partial charge on any atom is 0.142 e. The fourth-order valence-electron chi connectivity index (χ4n) is 2.51. The van der Waals surface area contributed by atoms with E-state index < -0.39 is 0 Å². The van der Waals surface area contributed by atoms with Crippen LogP contribution in [0, 0.1) is 6.92 Å². The zero-order valence-corrected chi connectivity index (χ0v) is 11.7. The summed E-state index contributed by atoms with van der Waals surface area (Å²) in [6.45, 7) is 4.18. The van der Waals surface area contributed by atoms with Gasteiger partial charge in [0.15, 0.2) is 0 Å². The normalized spacial score (nSPS) is 14.4. The van der Waals surface area contributed by atoms with Crippen molar-refractivity contribution in [2.24, 2.45) is 5.73 Å². The lowest BCUT2D eigenvalue weighted by Crippen LogP contribution is -2.19. The first-order valence-electron chi connectivity index (χ1n) is 6.95. The van der Waals surface area contributed by atoms with Crippen molar-refractivity contribution in [2.75, 3.05) is 18.1 Å². The van der Waals surface area contributed by atoms with Gasteiger partial charge < -0.3 is 15.4 Å². The Bertz CT molecular complexity index is 612. The Hall–Kier alpha value is -2.07. The van der Waals surface area contributed by atoms with E-state index in [0.29, 0.717) is 6.54 Å². The van der Waals surface area contributed by atoms with Gasteiger partial charge in [0.2, 0.25) is 0 Å². The van der Waals surface area contributed by atoms with Crippen molar-refractivity contribution in [2.45, 2.75) is 19.9 Å². The van der Waals surface area contributed by atoms with E-state index in [1.807, 2.05) is 31.2 Å². The first-order valence-corrected chi connectivity index (χ1v) is 6.95. The van der Waals surface area contributed by atoms with Crippen LogP contribution in [0.1, 0.15) is 17.7 Å². The van der Waals surface area contributed by atoms with Gasteiger partial charge in [-0.2, -0.15) is 0 Å². The second-order valence-corrected chi connectivity index (χ2v) is 4.94. The predicted octanol–water partition coefficient (Wildman–Crippen LogP) is 2.77. The summed E-state index contributed by atoms with van der Waals surface area (Å²) in [5.74, 6) is 1.88. The van der Waals surface area contributed by atoms with Crippen LogP contribution in [-0.2, 0) is 6.54 Å². The van der Waals surface area contributed by atoms with Crippen molar-refractivity contribution in [1.82, 2.24) is 4.98 Å². The Balaban J connectivity index is 2.03. The van der Waals surface area contributed by atoms with Gasteiger partial charge in [0, 0.05) is 18.8 Å². The average Bonchev–Trinajstić information content (AvgIpc) is 2.69. The molecule has 0 bridgehead atoms. The Morgan fingerprint density at radius 2 is 2.10 bits per heavy atom. The lowest BCUT2D eigenvalue weighted by molar-refractivity contribution is 0.322. The van der Waals surface area contributed by atoms with Gasteiger partial charge in [-0.3, -0.25) is 0 Å². The fourth-order valence-corrected chi connectivity index (χ4v) is 2.51. The van der Waals surface area contributed by atoms with Crippen molar-refractivity contribution in [3.05, 3.63) is 47.7 Å². The molecule has 0 spiro atoms. The number of anilines is 2. The van der Waals surface area contributed by atoms with Gasteiger partial charge in [-0.05, 0) is 37.1 Å². The molecule has 0 amide bonds. The van der Waals surface area contributed by atoms with Gasteiger partial charge in [0.1, 0.15) is 11.6 Å². The maximum atomic E-state index is 5.79. The van der Waals surface area contributed by atoms with Gasteiger partial charge >= 0.3 is 0 Å². The summed E-state index contributed by atoms with van der Waals surface area (Å²) >= 11 is 0. The number of para-hydroxylation sites is 2. The van der Waals surface area contributed by atoms with E-state index in [4.69, 9.17) is 15.5 Å². The molecule has 2 aromatic rings. The van der Waals surface area contributed by atoms with Crippen LogP contribution in [0.25, 0.3) is 0 Å². The number of aromatic nitrogens is 1. The number of hydrogen-bond donors (Lipinski definition) is 1. The third kappa shape index (κ3) is 2.34. The molecule has 1 aromatic carbocycles. The standard InChI is InChI=1S/C16H19N3O/c1-12-13(11-17)7-8-16(18-12)19-9-4-10-20-15-6-3-2-5-14(15)19/h2-3,5-8H,4,9-11,17H2,1H3. The van der Waals surface area contributed by atoms with E-state index in [1.165, 1.54) is 0 Å². The minimum Gasteiger partial charge on any atom is -0.491 e. The molecule has 0 unspecified atom stereocenters. The van der Waals surface area contributed by atoms with Crippen LogP contribution in [0.3, 0.4) is 0 Å².